The van der Waals surface area contributed by atoms with Crippen molar-refractivity contribution in [3.8, 4) is 0 Å². The van der Waals surface area contributed by atoms with Crippen molar-refractivity contribution in [1.82, 2.24) is 0 Å². The molecule has 88 valence electrons. The molecule has 1 atom stereocenters. The number of esters is 1. The number of hydrogen-bond donors (Lipinski definition) is 3. The van der Waals surface area contributed by atoms with Gasteiger partial charge >= 0.3 is 5.97 Å². The molecule has 0 aliphatic carbocycles. The standard InChI is InChI=1S/C11H15NO4/c1-16-11(15)8-2-4-9(5-3-8)12-6-10(14)7-13/h2-5,10,12-14H,6-7H2,1H3. The highest BCUT2D eigenvalue weighted by Gasteiger charge is 2.05. The molecule has 1 aromatic rings. The highest BCUT2D eigenvalue weighted by Crippen LogP contribution is 2.10. The zero-order valence-corrected chi connectivity index (χ0v) is 9.01. The van der Waals surface area contributed by atoms with Crippen LogP contribution >= 0.6 is 0 Å². The molecule has 5 nitrogen and oxygen atoms in total. The van der Waals surface area contributed by atoms with Gasteiger partial charge in [-0.15, -0.1) is 0 Å². The fourth-order valence-corrected chi connectivity index (χ4v) is 1.14. The number of ether oxygens (including phenoxy) is 1. The van der Waals surface area contributed by atoms with Crippen LogP contribution in [0.4, 0.5) is 5.69 Å². The number of methoxy groups -OCH3 is 1. The molecule has 0 fully saturated rings. The molecule has 0 aliphatic heterocycles. The summed E-state index contributed by atoms with van der Waals surface area (Å²) >= 11 is 0. The minimum Gasteiger partial charge on any atom is -0.465 e. The van der Waals surface area contributed by atoms with Crippen LogP contribution in [-0.4, -0.2) is 42.5 Å². The molecule has 0 spiro atoms. The van der Waals surface area contributed by atoms with Crippen LogP contribution in [-0.2, 0) is 4.74 Å². The molecular formula is C11H15NO4. The minimum absolute atomic E-state index is 0.258. The van der Waals surface area contributed by atoms with Crippen molar-refractivity contribution in [2.24, 2.45) is 0 Å². The van der Waals surface area contributed by atoms with Crippen LogP contribution in [0.15, 0.2) is 24.3 Å². The Morgan fingerprint density at radius 2 is 2.06 bits per heavy atom. The second-order valence-corrected chi connectivity index (χ2v) is 3.29. The lowest BCUT2D eigenvalue weighted by Crippen LogP contribution is -2.22. The lowest BCUT2D eigenvalue weighted by molar-refractivity contribution is 0.0601. The summed E-state index contributed by atoms with van der Waals surface area (Å²) in [6.45, 7) is -0.0265. The van der Waals surface area contributed by atoms with Crippen molar-refractivity contribution in [1.29, 1.82) is 0 Å². The molecule has 1 rings (SSSR count). The number of benzene rings is 1. The first-order chi connectivity index (χ1) is 7.67. The Labute approximate surface area is 93.7 Å². The largest absolute Gasteiger partial charge is 0.465 e. The number of aliphatic hydroxyl groups is 2. The number of hydrogen-bond acceptors (Lipinski definition) is 5. The molecule has 0 radical (unpaired) electrons. The molecule has 3 N–H and O–H groups in total. The third kappa shape index (κ3) is 3.52. The predicted octanol–water partition coefficient (Wildman–Crippen LogP) is 0.238. The second kappa shape index (κ2) is 6.09. The number of rotatable bonds is 5. The van der Waals surface area contributed by atoms with E-state index in [2.05, 4.69) is 10.1 Å². The summed E-state index contributed by atoms with van der Waals surface area (Å²) in [4.78, 5) is 11.1. The van der Waals surface area contributed by atoms with Crippen molar-refractivity contribution in [2.75, 3.05) is 25.6 Å². The van der Waals surface area contributed by atoms with Gasteiger partial charge in [0.2, 0.25) is 0 Å². The Bertz CT molecular complexity index is 336. The summed E-state index contributed by atoms with van der Waals surface area (Å²) < 4.78 is 4.56. The Morgan fingerprint density at radius 3 is 2.56 bits per heavy atom. The van der Waals surface area contributed by atoms with Gasteiger partial charge in [-0.3, -0.25) is 0 Å². The van der Waals surface area contributed by atoms with E-state index in [9.17, 15) is 4.79 Å². The number of carbonyl (C=O) groups excluding carboxylic acids is 1. The number of carbonyl (C=O) groups is 1. The Balaban J connectivity index is 2.54. The molecule has 1 unspecified atom stereocenters. The van der Waals surface area contributed by atoms with E-state index in [1.165, 1.54) is 7.11 Å². The molecule has 0 amide bonds. The van der Waals surface area contributed by atoms with Gasteiger partial charge in [0.1, 0.15) is 0 Å². The van der Waals surface area contributed by atoms with E-state index in [0.717, 1.165) is 5.69 Å². The molecule has 5 heteroatoms. The van der Waals surface area contributed by atoms with Crippen molar-refractivity contribution >= 4 is 11.7 Å². The summed E-state index contributed by atoms with van der Waals surface area (Å²) in [7, 11) is 1.33. The summed E-state index contributed by atoms with van der Waals surface area (Å²) in [6.07, 6.45) is -0.791. The maximum Gasteiger partial charge on any atom is 0.337 e. The molecular weight excluding hydrogens is 210 g/mol. The van der Waals surface area contributed by atoms with Crippen LogP contribution in [0.2, 0.25) is 0 Å². The lowest BCUT2D eigenvalue weighted by Gasteiger charge is -2.10. The van der Waals surface area contributed by atoms with Gasteiger partial charge in [-0.1, -0.05) is 0 Å². The lowest BCUT2D eigenvalue weighted by atomic mass is 10.2. The topological polar surface area (TPSA) is 78.8 Å². The van der Waals surface area contributed by atoms with Crippen LogP contribution in [0.25, 0.3) is 0 Å². The third-order valence-corrected chi connectivity index (χ3v) is 2.06. The quantitative estimate of drug-likeness (QED) is 0.625. The van der Waals surface area contributed by atoms with Gasteiger partial charge < -0.3 is 20.3 Å². The van der Waals surface area contributed by atoms with Crippen molar-refractivity contribution < 1.29 is 19.7 Å². The van der Waals surface area contributed by atoms with E-state index >= 15 is 0 Å². The summed E-state index contributed by atoms with van der Waals surface area (Å²) in [5, 5.41) is 20.6. The first kappa shape index (κ1) is 12.5. The Hall–Kier alpha value is -1.59. The van der Waals surface area contributed by atoms with Crippen molar-refractivity contribution in [3.63, 3.8) is 0 Å². The summed E-state index contributed by atoms with van der Waals surface area (Å²) in [6, 6.07) is 6.66. The molecule has 1 aromatic carbocycles. The monoisotopic (exact) mass is 225 g/mol. The van der Waals surface area contributed by atoms with E-state index in [1.807, 2.05) is 0 Å². The van der Waals surface area contributed by atoms with Crippen LogP contribution in [0.1, 0.15) is 10.4 Å². The molecule has 16 heavy (non-hydrogen) atoms. The van der Waals surface area contributed by atoms with E-state index < -0.39 is 6.10 Å². The summed E-state index contributed by atoms with van der Waals surface area (Å²) in [5.74, 6) is -0.387. The van der Waals surface area contributed by atoms with Crippen molar-refractivity contribution in [3.05, 3.63) is 29.8 Å². The fourth-order valence-electron chi connectivity index (χ4n) is 1.14. The Morgan fingerprint density at radius 1 is 1.44 bits per heavy atom. The highest BCUT2D eigenvalue weighted by molar-refractivity contribution is 5.89. The van der Waals surface area contributed by atoms with E-state index in [0.29, 0.717) is 5.56 Å². The zero-order valence-electron chi connectivity index (χ0n) is 9.01. The number of anilines is 1. The average Bonchev–Trinajstić information content (AvgIpc) is 2.35. The normalized spacial score (nSPS) is 11.9. The molecule has 0 saturated carbocycles. The smallest absolute Gasteiger partial charge is 0.337 e. The SMILES string of the molecule is COC(=O)c1ccc(NCC(O)CO)cc1. The van der Waals surface area contributed by atoms with Gasteiger partial charge in [-0.25, -0.2) is 4.79 Å². The van der Waals surface area contributed by atoms with Gasteiger partial charge in [-0.2, -0.15) is 0 Å². The third-order valence-electron chi connectivity index (χ3n) is 2.06. The summed E-state index contributed by atoms with van der Waals surface area (Å²) in [5.41, 5.74) is 1.23. The maximum atomic E-state index is 11.1. The molecule has 0 aliphatic rings. The van der Waals surface area contributed by atoms with Gasteiger partial charge in [0.15, 0.2) is 0 Å². The highest BCUT2D eigenvalue weighted by atomic mass is 16.5. The van der Waals surface area contributed by atoms with Crippen molar-refractivity contribution in [2.45, 2.75) is 6.10 Å². The van der Waals surface area contributed by atoms with Gasteiger partial charge in [0.05, 0.1) is 25.4 Å². The predicted molar refractivity (Wildman–Crippen MR) is 59.4 cm³/mol. The Kier molecular flexibility index (Phi) is 4.75. The van der Waals surface area contributed by atoms with Crippen LogP contribution in [0.5, 0.6) is 0 Å². The number of aliphatic hydroxyl groups excluding tert-OH is 2. The fraction of sp³-hybridized carbons (Fsp3) is 0.364. The molecule has 0 bridgehead atoms. The minimum atomic E-state index is -0.791. The van der Waals surface area contributed by atoms with Gasteiger partial charge in [0.25, 0.3) is 0 Å². The van der Waals surface area contributed by atoms with Gasteiger partial charge in [0, 0.05) is 12.2 Å². The molecule has 0 aromatic heterocycles. The maximum absolute atomic E-state index is 11.1. The van der Waals surface area contributed by atoms with Crippen LogP contribution in [0.3, 0.4) is 0 Å². The van der Waals surface area contributed by atoms with Crippen LogP contribution in [0, 0.1) is 0 Å². The second-order valence-electron chi connectivity index (χ2n) is 3.29. The zero-order chi connectivity index (χ0) is 12.0. The first-order valence-corrected chi connectivity index (χ1v) is 4.88. The molecule has 0 saturated heterocycles. The first-order valence-electron chi connectivity index (χ1n) is 4.88. The van der Waals surface area contributed by atoms with E-state index in [-0.39, 0.29) is 19.1 Å². The molecule has 0 heterocycles. The van der Waals surface area contributed by atoms with Crippen LogP contribution < -0.4 is 5.32 Å². The van der Waals surface area contributed by atoms with E-state index in [4.69, 9.17) is 10.2 Å². The van der Waals surface area contributed by atoms with Gasteiger partial charge in [-0.05, 0) is 24.3 Å². The average molecular weight is 225 g/mol. The number of nitrogens with one attached hydrogen (secondary N) is 1. The van der Waals surface area contributed by atoms with E-state index in [1.54, 1.807) is 24.3 Å².